The number of hydrogen-bond donors (Lipinski definition) is 3. The zero-order valence-corrected chi connectivity index (χ0v) is 10.3. The molecular weight excluding hydrogens is 234 g/mol. The second-order valence-corrected chi connectivity index (χ2v) is 4.20. The van der Waals surface area contributed by atoms with Crippen molar-refractivity contribution in [1.29, 1.82) is 0 Å². The standard InChI is InChI=1S/C13H17NO4/c1-8(10-6-4-3-5-7-10)11(13(17)18)14-12(16)9(2)15/h3-9,11,15H,1-2H3,(H,14,16)(H,17,18). The minimum atomic E-state index is -1.23. The van der Waals surface area contributed by atoms with E-state index in [9.17, 15) is 9.59 Å². The van der Waals surface area contributed by atoms with Gasteiger partial charge >= 0.3 is 5.97 Å². The number of rotatable bonds is 5. The number of carbonyl (C=O) groups is 2. The number of aliphatic hydroxyl groups excluding tert-OH is 1. The Morgan fingerprint density at radius 3 is 2.17 bits per heavy atom. The van der Waals surface area contributed by atoms with Crippen LogP contribution in [0.1, 0.15) is 25.3 Å². The summed E-state index contributed by atoms with van der Waals surface area (Å²) in [5.74, 6) is -2.20. The van der Waals surface area contributed by atoms with Crippen molar-refractivity contribution in [2.24, 2.45) is 0 Å². The predicted molar refractivity (Wildman–Crippen MR) is 66.1 cm³/mol. The lowest BCUT2D eigenvalue weighted by molar-refractivity contribution is -0.143. The van der Waals surface area contributed by atoms with Crippen LogP contribution in [0.2, 0.25) is 0 Å². The van der Waals surface area contributed by atoms with Crippen LogP contribution in [0.5, 0.6) is 0 Å². The minimum absolute atomic E-state index is 0.383. The highest BCUT2D eigenvalue weighted by atomic mass is 16.4. The summed E-state index contributed by atoms with van der Waals surface area (Å²) < 4.78 is 0. The Labute approximate surface area is 105 Å². The van der Waals surface area contributed by atoms with Crippen LogP contribution >= 0.6 is 0 Å². The van der Waals surface area contributed by atoms with Gasteiger partial charge in [0.25, 0.3) is 0 Å². The number of benzene rings is 1. The maximum absolute atomic E-state index is 11.4. The number of aliphatic hydroxyl groups is 1. The van der Waals surface area contributed by atoms with Crippen LogP contribution < -0.4 is 5.32 Å². The third-order valence-electron chi connectivity index (χ3n) is 2.77. The number of hydrogen-bond acceptors (Lipinski definition) is 3. The summed E-state index contributed by atoms with van der Waals surface area (Å²) in [7, 11) is 0. The monoisotopic (exact) mass is 251 g/mol. The first-order valence-electron chi connectivity index (χ1n) is 5.69. The topological polar surface area (TPSA) is 86.6 Å². The molecule has 3 atom stereocenters. The Morgan fingerprint density at radius 1 is 1.17 bits per heavy atom. The average Bonchev–Trinajstić information content (AvgIpc) is 2.35. The van der Waals surface area contributed by atoms with Crippen molar-refractivity contribution in [2.75, 3.05) is 0 Å². The molecule has 18 heavy (non-hydrogen) atoms. The van der Waals surface area contributed by atoms with Crippen LogP contribution in [0.15, 0.2) is 30.3 Å². The molecule has 1 rings (SSSR count). The van der Waals surface area contributed by atoms with Gasteiger partial charge in [-0.15, -0.1) is 0 Å². The summed E-state index contributed by atoms with van der Waals surface area (Å²) in [6.45, 7) is 3.01. The summed E-state index contributed by atoms with van der Waals surface area (Å²) in [6, 6.07) is 7.99. The number of carboxylic acid groups (broad SMARTS) is 1. The van der Waals surface area contributed by atoms with Crippen molar-refractivity contribution in [3.63, 3.8) is 0 Å². The third-order valence-corrected chi connectivity index (χ3v) is 2.77. The summed E-state index contributed by atoms with van der Waals surface area (Å²) in [5.41, 5.74) is 0.816. The van der Waals surface area contributed by atoms with Crippen LogP contribution in [0.25, 0.3) is 0 Å². The number of amides is 1. The first kappa shape index (κ1) is 14.2. The fourth-order valence-electron chi connectivity index (χ4n) is 1.62. The maximum atomic E-state index is 11.4. The van der Waals surface area contributed by atoms with Crippen LogP contribution in [0.4, 0.5) is 0 Å². The van der Waals surface area contributed by atoms with E-state index in [2.05, 4.69) is 5.32 Å². The third kappa shape index (κ3) is 3.56. The lowest BCUT2D eigenvalue weighted by Crippen LogP contribution is -2.47. The first-order chi connectivity index (χ1) is 8.43. The van der Waals surface area contributed by atoms with Gasteiger partial charge in [-0.05, 0) is 12.5 Å². The molecule has 0 saturated carbocycles. The zero-order chi connectivity index (χ0) is 13.7. The summed E-state index contributed by atoms with van der Waals surface area (Å²) in [6.07, 6.45) is -1.23. The number of aliphatic carboxylic acids is 1. The maximum Gasteiger partial charge on any atom is 0.326 e. The fraction of sp³-hybridized carbons (Fsp3) is 0.385. The van der Waals surface area contributed by atoms with Gasteiger partial charge < -0.3 is 15.5 Å². The van der Waals surface area contributed by atoms with E-state index >= 15 is 0 Å². The number of carboxylic acids is 1. The normalized spacial score (nSPS) is 15.5. The van der Waals surface area contributed by atoms with E-state index in [-0.39, 0.29) is 5.92 Å². The van der Waals surface area contributed by atoms with Gasteiger partial charge in [0.2, 0.25) is 5.91 Å². The van der Waals surface area contributed by atoms with Gasteiger partial charge in [0, 0.05) is 5.92 Å². The molecule has 0 radical (unpaired) electrons. The molecule has 1 amide bonds. The molecule has 1 aromatic rings. The molecule has 3 N–H and O–H groups in total. The molecule has 0 aliphatic carbocycles. The van der Waals surface area contributed by atoms with E-state index in [0.717, 1.165) is 5.56 Å². The molecule has 0 aliphatic heterocycles. The molecule has 0 bridgehead atoms. The van der Waals surface area contributed by atoms with Gasteiger partial charge in [-0.25, -0.2) is 4.79 Å². The zero-order valence-electron chi connectivity index (χ0n) is 10.3. The van der Waals surface area contributed by atoms with E-state index in [1.165, 1.54) is 6.92 Å². The summed E-state index contributed by atoms with van der Waals surface area (Å²) in [4.78, 5) is 22.5. The SMILES string of the molecule is CC(O)C(=O)NC(C(=O)O)C(C)c1ccccc1. The molecule has 1 aromatic carbocycles. The lowest BCUT2D eigenvalue weighted by atomic mass is 9.93. The van der Waals surface area contributed by atoms with Crippen molar-refractivity contribution in [3.8, 4) is 0 Å². The molecule has 3 unspecified atom stereocenters. The van der Waals surface area contributed by atoms with Crippen molar-refractivity contribution >= 4 is 11.9 Å². The van der Waals surface area contributed by atoms with Crippen LogP contribution in [0.3, 0.4) is 0 Å². The Morgan fingerprint density at radius 2 is 1.72 bits per heavy atom. The second-order valence-electron chi connectivity index (χ2n) is 4.20. The van der Waals surface area contributed by atoms with Crippen LogP contribution in [-0.4, -0.2) is 34.2 Å². The molecule has 0 fully saturated rings. The van der Waals surface area contributed by atoms with Gasteiger partial charge in [-0.3, -0.25) is 4.79 Å². The highest BCUT2D eigenvalue weighted by molar-refractivity contribution is 5.86. The highest BCUT2D eigenvalue weighted by Crippen LogP contribution is 2.19. The molecular formula is C13H17NO4. The van der Waals surface area contributed by atoms with E-state index in [4.69, 9.17) is 10.2 Å². The average molecular weight is 251 g/mol. The molecule has 0 heterocycles. The lowest BCUT2D eigenvalue weighted by Gasteiger charge is -2.22. The Balaban J connectivity index is 2.86. The van der Waals surface area contributed by atoms with E-state index in [0.29, 0.717) is 0 Å². The van der Waals surface area contributed by atoms with Crippen molar-refractivity contribution in [1.82, 2.24) is 5.32 Å². The number of nitrogens with one attached hydrogen (secondary N) is 1. The van der Waals surface area contributed by atoms with Gasteiger partial charge in [0.1, 0.15) is 12.1 Å². The van der Waals surface area contributed by atoms with E-state index < -0.39 is 24.0 Å². The molecule has 5 heteroatoms. The smallest absolute Gasteiger partial charge is 0.326 e. The predicted octanol–water partition coefficient (Wildman–Crippen LogP) is 0.740. The Bertz CT molecular complexity index is 416. The molecule has 5 nitrogen and oxygen atoms in total. The minimum Gasteiger partial charge on any atom is -0.480 e. The van der Waals surface area contributed by atoms with E-state index in [1.54, 1.807) is 31.2 Å². The van der Waals surface area contributed by atoms with E-state index in [1.807, 2.05) is 6.07 Å². The van der Waals surface area contributed by atoms with Crippen molar-refractivity contribution in [2.45, 2.75) is 31.9 Å². The molecule has 0 saturated heterocycles. The van der Waals surface area contributed by atoms with Gasteiger partial charge in [-0.2, -0.15) is 0 Å². The van der Waals surface area contributed by atoms with Crippen molar-refractivity contribution in [3.05, 3.63) is 35.9 Å². The highest BCUT2D eigenvalue weighted by Gasteiger charge is 2.28. The van der Waals surface area contributed by atoms with Gasteiger partial charge in [0.05, 0.1) is 0 Å². The van der Waals surface area contributed by atoms with Crippen molar-refractivity contribution < 1.29 is 19.8 Å². The van der Waals surface area contributed by atoms with Gasteiger partial charge in [0.15, 0.2) is 0 Å². The fourth-order valence-corrected chi connectivity index (χ4v) is 1.62. The number of carbonyl (C=O) groups excluding carboxylic acids is 1. The quantitative estimate of drug-likeness (QED) is 0.720. The molecule has 0 spiro atoms. The first-order valence-corrected chi connectivity index (χ1v) is 5.69. The molecule has 0 aliphatic rings. The van der Waals surface area contributed by atoms with Crippen LogP contribution in [0, 0.1) is 0 Å². The van der Waals surface area contributed by atoms with Gasteiger partial charge in [-0.1, -0.05) is 37.3 Å². The largest absolute Gasteiger partial charge is 0.480 e. The molecule has 0 aromatic heterocycles. The Kier molecular flexibility index (Phi) is 4.85. The molecule has 98 valence electrons. The Hall–Kier alpha value is -1.88. The van der Waals surface area contributed by atoms with Crippen LogP contribution in [-0.2, 0) is 9.59 Å². The second kappa shape index (κ2) is 6.16. The summed E-state index contributed by atoms with van der Waals surface area (Å²) >= 11 is 0. The summed E-state index contributed by atoms with van der Waals surface area (Å²) in [5, 5.41) is 20.6.